The van der Waals surface area contributed by atoms with E-state index in [0.717, 1.165) is 41.5 Å². The molecule has 0 unspecified atom stereocenters. The van der Waals surface area contributed by atoms with Crippen LogP contribution in [-0.4, -0.2) is 38.2 Å². The molecule has 2 heterocycles. The van der Waals surface area contributed by atoms with Gasteiger partial charge in [0.05, 0.1) is 14.2 Å². The van der Waals surface area contributed by atoms with E-state index in [1.54, 1.807) is 14.2 Å². The Bertz CT molecular complexity index is 773. The fourth-order valence-corrected chi connectivity index (χ4v) is 3.30. The Hall–Kier alpha value is -2.76. The predicted octanol–water partition coefficient (Wildman–Crippen LogP) is 2.95. The van der Waals surface area contributed by atoms with Gasteiger partial charge in [-0.1, -0.05) is 0 Å². The van der Waals surface area contributed by atoms with Gasteiger partial charge in [-0.25, -0.2) is 4.98 Å². The zero-order valence-corrected chi connectivity index (χ0v) is 16.0. The number of nitrogens with one attached hydrogen (secondary N) is 1. The van der Waals surface area contributed by atoms with Gasteiger partial charge in [0.1, 0.15) is 17.3 Å². The number of ether oxygens (including phenoxy) is 2. The molecule has 1 N–H and O–H groups in total. The van der Waals surface area contributed by atoms with E-state index in [4.69, 9.17) is 9.47 Å². The number of hydrogen-bond acceptors (Lipinski definition) is 5. The van der Waals surface area contributed by atoms with E-state index in [1.807, 2.05) is 30.5 Å². The third-order valence-corrected chi connectivity index (χ3v) is 4.84. The summed E-state index contributed by atoms with van der Waals surface area (Å²) < 4.78 is 10.6. The highest BCUT2D eigenvalue weighted by Crippen LogP contribution is 2.24. The van der Waals surface area contributed by atoms with Gasteiger partial charge in [-0.15, -0.1) is 0 Å². The van der Waals surface area contributed by atoms with Crippen molar-refractivity contribution in [1.82, 2.24) is 10.3 Å². The second-order valence-electron chi connectivity index (χ2n) is 6.67. The molecule has 3 rings (SSSR count). The Morgan fingerprint density at radius 1 is 1.15 bits per heavy atom. The molecule has 1 amide bonds. The minimum atomic E-state index is 0.0133. The standard InChI is InChI=1S/C21H27N3O3/c1-26-18-6-7-19(27-2)17(14-18)15-23-21(25)8-5-16-9-10-22-20(13-16)24-11-3-4-12-24/h6-7,9-10,13-14H,3-5,8,11-12,15H2,1-2H3,(H,23,25). The van der Waals surface area contributed by atoms with Gasteiger partial charge in [-0.3, -0.25) is 4.79 Å². The topological polar surface area (TPSA) is 63.7 Å². The first-order valence-corrected chi connectivity index (χ1v) is 9.37. The Kier molecular flexibility index (Phi) is 6.52. The van der Waals surface area contributed by atoms with Crippen LogP contribution in [0.5, 0.6) is 11.5 Å². The average Bonchev–Trinajstić information content (AvgIpc) is 3.25. The zero-order chi connectivity index (χ0) is 19.1. The van der Waals surface area contributed by atoms with Crippen molar-refractivity contribution in [2.24, 2.45) is 0 Å². The van der Waals surface area contributed by atoms with Gasteiger partial charge in [-0.2, -0.15) is 0 Å². The molecule has 1 aliphatic rings. The third-order valence-electron chi connectivity index (χ3n) is 4.84. The Morgan fingerprint density at radius 2 is 1.96 bits per heavy atom. The number of carbonyl (C=O) groups excluding carboxylic acids is 1. The fraction of sp³-hybridized carbons (Fsp3) is 0.429. The lowest BCUT2D eigenvalue weighted by Gasteiger charge is -2.16. The quantitative estimate of drug-likeness (QED) is 0.775. The number of carbonyl (C=O) groups is 1. The minimum absolute atomic E-state index is 0.0133. The van der Waals surface area contributed by atoms with Gasteiger partial charge in [0.25, 0.3) is 0 Å². The molecule has 144 valence electrons. The normalized spacial score (nSPS) is 13.5. The van der Waals surface area contributed by atoms with Crippen LogP contribution < -0.4 is 19.7 Å². The maximum atomic E-state index is 12.3. The largest absolute Gasteiger partial charge is 0.497 e. The molecule has 2 aromatic rings. The Morgan fingerprint density at radius 3 is 2.70 bits per heavy atom. The van der Waals surface area contributed by atoms with Crippen molar-refractivity contribution in [2.75, 3.05) is 32.2 Å². The molecule has 0 spiro atoms. The molecule has 1 aliphatic heterocycles. The summed E-state index contributed by atoms with van der Waals surface area (Å²) >= 11 is 0. The van der Waals surface area contributed by atoms with Crippen LogP contribution in [0.2, 0.25) is 0 Å². The maximum Gasteiger partial charge on any atom is 0.220 e. The summed E-state index contributed by atoms with van der Waals surface area (Å²) in [7, 11) is 3.24. The number of amides is 1. The molecule has 1 aromatic carbocycles. The highest BCUT2D eigenvalue weighted by atomic mass is 16.5. The van der Waals surface area contributed by atoms with Gasteiger partial charge in [0.2, 0.25) is 5.91 Å². The van der Waals surface area contributed by atoms with E-state index >= 15 is 0 Å². The van der Waals surface area contributed by atoms with Gasteiger partial charge in [0, 0.05) is 37.8 Å². The van der Waals surface area contributed by atoms with Crippen molar-refractivity contribution in [3.63, 3.8) is 0 Å². The van der Waals surface area contributed by atoms with Gasteiger partial charge >= 0.3 is 0 Å². The lowest BCUT2D eigenvalue weighted by atomic mass is 10.1. The number of pyridine rings is 1. The van der Waals surface area contributed by atoms with E-state index in [9.17, 15) is 4.79 Å². The number of rotatable bonds is 8. The van der Waals surface area contributed by atoms with E-state index < -0.39 is 0 Å². The molecule has 1 saturated heterocycles. The van der Waals surface area contributed by atoms with Crippen molar-refractivity contribution >= 4 is 11.7 Å². The first-order valence-electron chi connectivity index (χ1n) is 9.37. The number of anilines is 1. The smallest absolute Gasteiger partial charge is 0.220 e. The molecule has 0 atom stereocenters. The van der Waals surface area contributed by atoms with Crippen LogP contribution in [0.3, 0.4) is 0 Å². The second-order valence-corrected chi connectivity index (χ2v) is 6.67. The van der Waals surface area contributed by atoms with Crippen molar-refractivity contribution < 1.29 is 14.3 Å². The van der Waals surface area contributed by atoms with Crippen LogP contribution in [0, 0.1) is 0 Å². The molecule has 27 heavy (non-hydrogen) atoms. The Labute approximate surface area is 160 Å². The van der Waals surface area contributed by atoms with Crippen LogP contribution in [0.25, 0.3) is 0 Å². The number of benzene rings is 1. The van der Waals surface area contributed by atoms with Crippen molar-refractivity contribution in [1.29, 1.82) is 0 Å². The van der Waals surface area contributed by atoms with Crippen LogP contribution in [-0.2, 0) is 17.8 Å². The fourth-order valence-electron chi connectivity index (χ4n) is 3.30. The summed E-state index contributed by atoms with van der Waals surface area (Å²) in [6.45, 7) is 2.55. The van der Waals surface area contributed by atoms with Crippen LogP contribution in [0.4, 0.5) is 5.82 Å². The van der Waals surface area contributed by atoms with Gasteiger partial charge < -0.3 is 19.7 Å². The summed E-state index contributed by atoms with van der Waals surface area (Å²) in [5.74, 6) is 2.51. The first-order chi connectivity index (χ1) is 13.2. The van der Waals surface area contributed by atoms with Crippen molar-refractivity contribution in [2.45, 2.75) is 32.2 Å². The molecule has 1 fully saturated rings. The van der Waals surface area contributed by atoms with Crippen LogP contribution >= 0.6 is 0 Å². The molecule has 6 heteroatoms. The molecule has 6 nitrogen and oxygen atoms in total. The van der Waals surface area contributed by atoms with E-state index in [0.29, 0.717) is 19.4 Å². The molecule has 1 aromatic heterocycles. The lowest BCUT2D eigenvalue weighted by molar-refractivity contribution is -0.121. The van der Waals surface area contributed by atoms with Crippen molar-refractivity contribution in [3.05, 3.63) is 47.7 Å². The summed E-state index contributed by atoms with van der Waals surface area (Å²) in [6.07, 6.45) is 5.42. The number of aromatic nitrogens is 1. The minimum Gasteiger partial charge on any atom is -0.497 e. The number of hydrogen-bond donors (Lipinski definition) is 1. The SMILES string of the molecule is COc1ccc(OC)c(CNC(=O)CCc2ccnc(N3CCCC3)c2)c1. The molecule has 0 aliphatic carbocycles. The van der Waals surface area contributed by atoms with E-state index in [2.05, 4.69) is 21.3 Å². The van der Waals surface area contributed by atoms with Gasteiger partial charge in [0.15, 0.2) is 0 Å². The molecular weight excluding hydrogens is 342 g/mol. The average molecular weight is 369 g/mol. The van der Waals surface area contributed by atoms with E-state index in [-0.39, 0.29) is 5.91 Å². The monoisotopic (exact) mass is 369 g/mol. The first kappa shape index (κ1) is 19.0. The Balaban J connectivity index is 1.52. The van der Waals surface area contributed by atoms with Crippen LogP contribution in [0.15, 0.2) is 36.5 Å². The van der Waals surface area contributed by atoms with E-state index in [1.165, 1.54) is 12.8 Å². The number of nitrogens with zero attached hydrogens (tertiary/aromatic N) is 2. The zero-order valence-electron chi connectivity index (χ0n) is 16.0. The third kappa shape index (κ3) is 5.12. The van der Waals surface area contributed by atoms with Crippen molar-refractivity contribution in [3.8, 4) is 11.5 Å². The summed E-state index contributed by atoms with van der Waals surface area (Å²) in [5.41, 5.74) is 2.03. The summed E-state index contributed by atoms with van der Waals surface area (Å²) in [4.78, 5) is 19.0. The highest BCUT2D eigenvalue weighted by molar-refractivity contribution is 5.76. The second kappa shape index (κ2) is 9.26. The number of aryl methyl sites for hydroxylation is 1. The maximum absolute atomic E-state index is 12.3. The van der Waals surface area contributed by atoms with Gasteiger partial charge in [-0.05, 0) is 55.2 Å². The molecular formula is C21H27N3O3. The predicted molar refractivity (Wildman–Crippen MR) is 105 cm³/mol. The molecule has 0 radical (unpaired) electrons. The summed E-state index contributed by atoms with van der Waals surface area (Å²) in [5, 5.41) is 2.96. The summed E-state index contributed by atoms with van der Waals surface area (Å²) in [6, 6.07) is 9.65. The molecule has 0 bridgehead atoms. The lowest BCUT2D eigenvalue weighted by Crippen LogP contribution is -2.23. The highest BCUT2D eigenvalue weighted by Gasteiger charge is 2.14. The molecule has 0 saturated carbocycles. The van der Waals surface area contributed by atoms with Crippen LogP contribution in [0.1, 0.15) is 30.4 Å². The number of methoxy groups -OCH3 is 2.